The van der Waals surface area contributed by atoms with Crippen molar-refractivity contribution >= 4 is 17.2 Å². The van der Waals surface area contributed by atoms with Crippen molar-refractivity contribution in [2.45, 2.75) is 26.3 Å². The lowest BCUT2D eigenvalue weighted by Gasteiger charge is -2.12. The predicted molar refractivity (Wildman–Crippen MR) is 76.8 cm³/mol. The fraction of sp³-hybridized carbons (Fsp3) is 0.286. The van der Waals surface area contributed by atoms with Crippen molar-refractivity contribution in [3.8, 4) is 0 Å². The molecule has 0 aliphatic heterocycles. The summed E-state index contributed by atoms with van der Waals surface area (Å²) in [4.78, 5) is 27.8. The summed E-state index contributed by atoms with van der Waals surface area (Å²) in [5.74, 6) is -0.328. The Bertz CT molecular complexity index is 617. The number of aromatic nitrogens is 1. The van der Waals surface area contributed by atoms with E-state index in [9.17, 15) is 9.59 Å². The molecule has 0 bridgehead atoms. The third kappa shape index (κ3) is 3.54. The van der Waals surface area contributed by atoms with Gasteiger partial charge < -0.3 is 10.3 Å². The maximum atomic E-state index is 12.0. The van der Waals surface area contributed by atoms with E-state index in [0.29, 0.717) is 0 Å². The number of rotatable bonds is 4. The highest BCUT2D eigenvalue weighted by molar-refractivity contribution is 7.09. The number of hydrogen-bond acceptors (Lipinski definition) is 3. The van der Waals surface area contributed by atoms with Gasteiger partial charge in [0.05, 0.1) is 0 Å². The minimum atomic E-state index is -0.328. The number of carbonyl (C=O) groups is 1. The van der Waals surface area contributed by atoms with Crippen molar-refractivity contribution in [3.05, 3.63) is 56.1 Å². The molecule has 0 spiro atoms. The van der Waals surface area contributed by atoms with E-state index < -0.39 is 0 Å². The lowest BCUT2D eigenvalue weighted by atomic mass is 10.2. The van der Waals surface area contributed by atoms with Crippen molar-refractivity contribution < 1.29 is 4.79 Å². The zero-order chi connectivity index (χ0) is 13.8. The first-order valence-electron chi connectivity index (χ1n) is 6.09. The Balaban J connectivity index is 2.02. The summed E-state index contributed by atoms with van der Waals surface area (Å²) in [7, 11) is 0. The summed E-state index contributed by atoms with van der Waals surface area (Å²) in [6.07, 6.45) is 2.23. The van der Waals surface area contributed by atoms with Crippen molar-refractivity contribution in [1.29, 1.82) is 0 Å². The zero-order valence-electron chi connectivity index (χ0n) is 10.9. The Hall–Kier alpha value is -1.88. The number of amides is 1. The number of H-pyrrole nitrogens is 1. The Labute approximate surface area is 115 Å². The van der Waals surface area contributed by atoms with Gasteiger partial charge in [0.1, 0.15) is 5.56 Å². The van der Waals surface area contributed by atoms with Gasteiger partial charge in [-0.25, -0.2) is 0 Å². The van der Waals surface area contributed by atoms with Crippen molar-refractivity contribution in [2.75, 3.05) is 0 Å². The van der Waals surface area contributed by atoms with Crippen LogP contribution in [0.4, 0.5) is 0 Å². The van der Waals surface area contributed by atoms with Crippen molar-refractivity contribution in [2.24, 2.45) is 0 Å². The van der Waals surface area contributed by atoms with Gasteiger partial charge in [-0.3, -0.25) is 9.59 Å². The van der Waals surface area contributed by atoms with Gasteiger partial charge in [-0.1, -0.05) is 6.07 Å². The molecule has 1 unspecified atom stereocenters. The number of nitrogens with one attached hydrogen (secondary N) is 2. The van der Waals surface area contributed by atoms with Crippen LogP contribution in [0.5, 0.6) is 0 Å². The van der Waals surface area contributed by atoms with Crippen LogP contribution in [-0.4, -0.2) is 16.9 Å². The van der Waals surface area contributed by atoms with Gasteiger partial charge in [0.25, 0.3) is 5.91 Å². The second-order valence-electron chi connectivity index (χ2n) is 4.55. The molecule has 0 radical (unpaired) electrons. The molecule has 2 rings (SSSR count). The Morgan fingerprint density at radius 1 is 1.53 bits per heavy atom. The van der Waals surface area contributed by atoms with Crippen LogP contribution in [0.3, 0.4) is 0 Å². The van der Waals surface area contributed by atoms with E-state index in [1.165, 1.54) is 17.1 Å². The Kier molecular flexibility index (Phi) is 4.16. The maximum Gasteiger partial charge on any atom is 0.256 e. The largest absolute Gasteiger partial charge is 0.364 e. The van der Waals surface area contributed by atoms with Gasteiger partial charge in [-0.05, 0) is 25.3 Å². The van der Waals surface area contributed by atoms with Crippen molar-refractivity contribution in [3.63, 3.8) is 0 Å². The summed E-state index contributed by atoms with van der Waals surface area (Å²) < 4.78 is 0. The average molecular weight is 276 g/mol. The average Bonchev–Trinajstić information content (AvgIpc) is 2.81. The van der Waals surface area contributed by atoms with E-state index in [1.54, 1.807) is 18.3 Å². The lowest BCUT2D eigenvalue weighted by Crippen LogP contribution is -2.36. The molecule has 19 heavy (non-hydrogen) atoms. The molecule has 0 aromatic carbocycles. The number of pyridine rings is 1. The third-order valence-corrected chi connectivity index (χ3v) is 3.67. The van der Waals surface area contributed by atoms with E-state index in [1.807, 2.05) is 24.4 Å². The molecule has 4 nitrogen and oxygen atoms in total. The number of hydrogen-bond donors (Lipinski definition) is 2. The van der Waals surface area contributed by atoms with E-state index in [4.69, 9.17) is 0 Å². The molecule has 1 amide bonds. The Morgan fingerprint density at radius 2 is 2.32 bits per heavy atom. The topological polar surface area (TPSA) is 62.0 Å². The van der Waals surface area contributed by atoms with Crippen LogP contribution in [-0.2, 0) is 6.42 Å². The standard InChI is InChI=1S/C14H16N2O2S/c1-9-7-13(17)12(8-15-9)14(18)16-10(2)6-11-4-3-5-19-11/h3-5,7-8,10H,6H2,1-2H3,(H,15,17)(H,16,18). The van der Waals surface area contributed by atoms with E-state index in [-0.39, 0.29) is 22.9 Å². The van der Waals surface area contributed by atoms with Crippen LogP contribution in [0.15, 0.2) is 34.6 Å². The molecule has 0 saturated carbocycles. The van der Waals surface area contributed by atoms with Crippen LogP contribution >= 0.6 is 11.3 Å². The first-order valence-corrected chi connectivity index (χ1v) is 6.97. The molecule has 0 saturated heterocycles. The number of aryl methyl sites for hydroxylation is 1. The smallest absolute Gasteiger partial charge is 0.256 e. The summed E-state index contributed by atoms with van der Waals surface area (Å²) >= 11 is 1.66. The summed E-state index contributed by atoms with van der Waals surface area (Å²) in [6, 6.07) is 5.44. The highest BCUT2D eigenvalue weighted by atomic mass is 32.1. The van der Waals surface area contributed by atoms with Gasteiger partial charge >= 0.3 is 0 Å². The van der Waals surface area contributed by atoms with Crippen LogP contribution in [0.1, 0.15) is 27.9 Å². The van der Waals surface area contributed by atoms with Gasteiger partial charge in [0.15, 0.2) is 5.43 Å². The summed E-state index contributed by atoms with van der Waals surface area (Å²) in [5.41, 5.74) is 0.647. The lowest BCUT2D eigenvalue weighted by molar-refractivity contribution is 0.0939. The molecule has 0 aliphatic carbocycles. The zero-order valence-corrected chi connectivity index (χ0v) is 11.7. The predicted octanol–water partition coefficient (Wildman–Crippen LogP) is 2.11. The minimum absolute atomic E-state index is 0.00754. The molecular weight excluding hydrogens is 260 g/mol. The highest BCUT2D eigenvalue weighted by Crippen LogP contribution is 2.11. The molecule has 1 atom stereocenters. The van der Waals surface area contributed by atoms with Gasteiger partial charge in [-0.2, -0.15) is 0 Å². The molecule has 0 aliphatic rings. The van der Waals surface area contributed by atoms with E-state index in [0.717, 1.165) is 12.1 Å². The monoisotopic (exact) mass is 276 g/mol. The van der Waals surface area contributed by atoms with Crippen LogP contribution in [0.2, 0.25) is 0 Å². The fourth-order valence-electron chi connectivity index (χ4n) is 1.83. The molecule has 2 heterocycles. The second-order valence-corrected chi connectivity index (χ2v) is 5.58. The number of thiophene rings is 1. The van der Waals surface area contributed by atoms with E-state index in [2.05, 4.69) is 10.3 Å². The van der Waals surface area contributed by atoms with Crippen LogP contribution in [0, 0.1) is 6.92 Å². The second kappa shape index (κ2) is 5.84. The number of carbonyl (C=O) groups excluding carboxylic acids is 1. The SMILES string of the molecule is Cc1cc(=O)c(C(=O)NC(C)Cc2cccs2)c[nH]1. The van der Waals surface area contributed by atoms with Gasteiger partial charge in [0, 0.05) is 35.3 Å². The molecular formula is C14H16N2O2S. The first kappa shape index (κ1) is 13.5. The molecule has 0 fully saturated rings. The molecule has 2 aromatic heterocycles. The fourth-order valence-corrected chi connectivity index (χ4v) is 2.67. The minimum Gasteiger partial charge on any atom is -0.364 e. The highest BCUT2D eigenvalue weighted by Gasteiger charge is 2.13. The van der Waals surface area contributed by atoms with Crippen LogP contribution in [0.25, 0.3) is 0 Å². The first-order chi connectivity index (χ1) is 9.06. The molecule has 100 valence electrons. The Morgan fingerprint density at radius 3 is 2.95 bits per heavy atom. The van der Waals surface area contributed by atoms with Crippen LogP contribution < -0.4 is 10.7 Å². The normalized spacial score (nSPS) is 12.1. The quantitative estimate of drug-likeness (QED) is 0.898. The maximum absolute atomic E-state index is 12.0. The summed E-state index contributed by atoms with van der Waals surface area (Å²) in [6.45, 7) is 3.71. The molecule has 2 N–H and O–H groups in total. The number of aromatic amines is 1. The van der Waals surface area contributed by atoms with Crippen molar-refractivity contribution in [1.82, 2.24) is 10.3 Å². The van der Waals surface area contributed by atoms with E-state index >= 15 is 0 Å². The summed E-state index contributed by atoms with van der Waals surface area (Å²) in [5, 5.41) is 4.85. The van der Waals surface area contributed by atoms with Gasteiger partial charge in [-0.15, -0.1) is 11.3 Å². The van der Waals surface area contributed by atoms with Gasteiger partial charge in [0.2, 0.25) is 0 Å². The third-order valence-electron chi connectivity index (χ3n) is 2.77. The molecule has 2 aromatic rings. The molecule has 5 heteroatoms.